The molecule has 0 aliphatic heterocycles. The van der Waals surface area contributed by atoms with E-state index in [4.69, 9.17) is 20.2 Å². The maximum absolute atomic E-state index is 5.02. The largest absolute Gasteiger partial charge is 2.00 e. The Hall–Kier alpha value is -2.59. The van der Waals surface area contributed by atoms with Gasteiger partial charge >= 0.3 is 21.1 Å². The minimum atomic E-state index is -0.398. The van der Waals surface area contributed by atoms with Gasteiger partial charge in [-0.1, -0.05) is 101 Å². The van der Waals surface area contributed by atoms with Gasteiger partial charge in [0.15, 0.2) is 0 Å². The molecule has 2 fully saturated rings. The van der Waals surface area contributed by atoms with Crippen LogP contribution in [0.5, 0.6) is 0 Å². The smallest absolute Gasteiger partial charge is 0.343 e. The monoisotopic (exact) mass is 687 g/mol. The number of nitrogens with zero attached hydrogens (tertiary/aromatic N) is 6. The van der Waals surface area contributed by atoms with Gasteiger partial charge < -0.3 is 9.36 Å². The Balaban J connectivity index is 0.00000294. The fraction of sp³-hybridized carbons (Fsp3) is 0.484. The Morgan fingerprint density at radius 3 is 1.50 bits per heavy atom. The van der Waals surface area contributed by atoms with Crippen molar-refractivity contribution >= 4 is 0 Å². The van der Waals surface area contributed by atoms with Crippen LogP contribution in [0.25, 0.3) is 11.6 Å². The molecule has 2 aliphatic carbocycles. The molecule has 0 atom stereocenters. The van der Waals surface area contributed by atoms with Gasteiger partial charge in [-0.05, 0) is 49.2 Å². The van der Waals surface area contributed by atoms with Crippen molar-refractivity contribution in [3.05, 3.63) is 83.7 Å². The van der Waals surface area contributed by atoms with Gasteiger partial charge in [-0.15, -0.1) is 12.1 Å². The first kappa shape index (κ1) is 27.0. The Kier molecular flexibility index (Phi) is 8.28. The molecular formula is C31H36N6Pt. The first-order valence-corrected chi connectivity index (χ1v) is 14.0. The fourth-order valence-corrected chi connectivity index (χ4v) is 5.94. The number of pyridine rings is 2. The van der Waals surface area contributed by atoms with E-state index in [9.17, 15) is 0 Å². The summed E-state index contributed by atoms with van der Waals surface area (Å²) < 4.78 is 3.61. The number of rotatable bonds is 6. The molecule has 4 aromatic rings. The van der Waals surface area contributed by atoms with Crippen LogP contribution >= 0.6 is 0 Å². The summed E-state index contributed by atoms with van der Waals surface area (Å²) in [4.78, 5) is 10.0. The molecule has 0 N–H and O–H groups in total. The average molecular weight is 688 g/mol. The van der Waals surface area contributed by atoms with Crippen molar-refractivity contribution in [3.63, 3.8) is 0 Å². The first-order valence-electron chi connectivity index (χ1n) is 14.0. The van der Waals surface area contributed by atoms with Crippen LogP contribution in [0, 0.1) is 12.4 Å². The fourth-order valence-electron chi connectivity index (χ4n) is 5.94. The standard InChI is InChI=1S/C31H36N6.Pt/c1-31(2,27-15-9-17-29(32-27)36-21-19-25(34-36)23-11-5-3-6-12-23)28-16-10-18-30(33-28)37-22-20-26(35-37)24-13-7-4-8-14-24;/h9-10,15-20,23-24H,3-8,11-14H2,1-2H3;/q-2;+2. The summed E-state index contributed by atoms with van der Waals surface area (Å²) in [5, 5.41) is 9.72. The molecule has 2 aliphatic rings. The SMILES string of the molecule is CC(C)(c1cccc(-n2[c-]cc(C3CCCCC3)n2)n1)c1cccc(-n2[c-]cc(C3CCCCC3)n2)n1.[Pt+2]. The molecule has 38 heavy (non-hydrogen) atoms. The average Bonchev–Trinajstić information content (AvgIpc) is 3.65. The van der Waals surface area contributed by atoms with Crippen LogP contribution in [0.15, 0.2) is 48.5 Å². The van der Waals surface area contributed by atoms with E-state index in [0.717, 1.165) is 34.4 Å². The predicted octanol–water partition coefficient (Wildman–Crippen LogP) is 6.87. The zero-order valence-corrected chi connectivity index (χ0v) is 24.6. The first-order chi connectivity index (χ1) is 18.1. The van der Waals surface area contributed by atoms with Gasteiger partial charge in [0.1, 0.15) is 0 Å². The van der Waals surface area contributed by atoms with E-state index >= 15 is 0 Å². The summed E-state index contributed by atoms with van der Waals surface area (Å²) in [6.45, 7) is 4.34. The Morgan fingerprint density at radius 2 is 1.08 bits per heavy atom. The van der Waals surface area contributed by atoms with E-state index in [-0.39, 0.29) is 21.1 Å². The summed E-state index contributed by atoms with van der Waals surface area (Å²) in [5.41, 5.74) is 3.78. The molecule has 0 radical (unpaired) electrons. The minimum Gasteiger partial charge on any atom is -0.343 e. The molecule has 7 heteroatoms. The normalized spacial score (nSPS) is 17.3. The second kappa shape index (κ2) is 11.7. The third-order valence-corrected chi connectivity index (χ3v) is 8.33. The van der Waals surface area contributed by atoms with E-state index in [1.165, 1.54) is 64.2 Å². The van der Waals surface area contributed by atoms with Gasteiger partial charge in [-0.25, -0.2) is 0 Å². The van der Waals surface area contributed by atoms with Crippen LogP contribution in [0.1, 0.15) is 113 Å². The van der Waals surface area contributed by atoms with Crippen LogP contribution in [0.3, 0.4) is 0 Å². The van der Waals surface area contributed by atoms with E-state index in [0.29, 0.717) is 11.8 Å². The molecule has 0 aromatic carbocycles. The summed E-state index contributed by atoms with van der Waals surface area (Å²) in [5.74, 6) is 2.69. The van der Waals surface area contributed by atoms with Crippen molar-refractivity contribution in [1.82, 2.24) is 29.5 Å². The van der Waals surface area contributed by atoms with Crippen molar-refractivity contribution in [1.29, 1.82) is 0 Å². The summed E-state index contributed by atoms with van der Waals surface area (Å²) in [6, 6.07) is 16.3. The Labute approximate surface area is 240 Å². The third-order valence-electron chi connectivity index (χ3n) is 8.33. The van der Waals surface area contributed by atoms with Gasteiger partial charge in [0.2, 0.25) is 0 Å². The molecular weight excluding hydrogens is 651 g/mol. The van der Waals surface area contributed by atoms with Crippen molar-refractivity contribution in [2.45, 2.75) is 95.3 Å². The Bertz CT molecular complexity index is 1240. The number of aromatic nitrogens is 6. The zero-order chi connectivity index (χ0) is 25.2. The van der Waals surface area contributed by atoms with E-state index in [2.05, 4.69) is 50.5 Å². The molecule has 6 nitrogen and oxygen atoms in total. The summed E-state index contributed by atoms with van der Waals surface area (Å²) >= 11 is 0. The van der Waals surface area contributed by atoms with E-state index in [1.807, 2.05) is 24.3 Å². The predicted molar refractivity (Wildman–Crippen MR) is 144 cm³/mol. The van der Waals surface area contributed by atoms with Crippen LogP contribution in [0.2, 0.25) is 0 Å². The molecule has 200 valence electrons. The van der Waals surface area contributed by atoms with Gasteiger partial charge in [0, 0.05) is 16.8 Å². The van der Waals surface area contributed by atoms with Gasteiger partial charge in [0.05, 0.1) is 11.6 Å². The molecule has 0 unspecified atom stereocenters. The topological polar surface area (TPSA) is 61.4 Å². The molecule has 4 aromatic heterocycles. The second-order valence-electron chi connectivity index (χ2n) is 11.3. The molecule has 0 spiro atoms. The molecule has 6 rings (SSSR count). The number of hydrogen-bond donors (Lipinski definition) is 0. The van der Waals surface area contributed by atoms with Gasteiger partial charge in [0.25, 0.3) is 0 Å². The maximum Gasteiger partial charge on any atom is 2.00 e. The minimum absolute atomic E-state index is 0. The summed E-state index contributed by atoms with van der Waals surface area (Å²) in [6.07, 6.45) is 19.4. The molecule has 4 heterocycles. The van der Waals surface area contributed by atoms with E-state index in [1.54, 1.807) is 9.36 Å². The zero-order valence-electron chi connectivity index (χ0n) is 22.3. The number of hydrogen-bond acceptors (Lipinski definition) is 4. The van der Waals surface area contributed by atoms with Crippen molar-refractivity contribution in [2.75, 3.05) is 0 Å². The second-order valence-corrected chi connectivity index (χ2v) is 11.3. The van der Waals surface area contributed by atoms with Crippen LogP contribution in [-0.4, -0.2) is 29.5 Å². The quantitative estimate of drug-likeness (QED) is 0.208. The maximum atomic E-state index is 5.02. The van der Waals surface area contributed by atoms with E-state index < -0.39 is 5.41 Å². The van der Waals surface area contributed by atoms with Crippen molar-refractivity contribution in [3.8, 4) is 11.6 Å². The molecule has 2 saturated carbocycles. The summed E-state index contributed by atoms with van der Waals surface area (Å²) in [7, 11) is 0. The van der Waals surface area contributed by atoms with Crippen LogP contribution < -0.4 is 0 Å². The molecule has 0 bridgehead atoms. The Morgan fingerprint density at radius 1 is 0.658 bits per heavy atom. The molecule has 0 saturated heterocycles. The van der Waals surface area contributed by atoms with Gasteiger partial charge in [-0.3, -0.25) is 20.2 Å². The van der Waals surface area contributed by atoms with Crippen LogP contribution in [0.4, 0.5) is 0 Å². The molecule has 0 amide bonds. The van der Waals surface area contributed by atoms with Crippen molar-refractivity contribution < 1.29 is 21.1 Å². The third kappa shape index (κ3) is 5.56. The van der Waals surface area contributed by atoms with Crippen molar-refractivity contribution in [2.24, 2.45) is 0 Å². The van der Waals surface area contributed by atoms with Crippen LogP contribution in [-0.2, 0) is 26.5 Å². The van der Waals surface area contributed by atoms with Gasteiger partial charge in [-0.2, -0.15) is 0 Å².